The van der Waals surface area contributed by atoms with E-state index in [9.17, 15) is 14.4 Å². The average molecular weight is 439 g/mol. The fourth-order valence-electron chi connectivity index (χ4n) is 3.95. The van der Waals surface area contributed by atoms with Crippen LogP contribution in [0.4, 0.5) is 4.79 Å². The Morgan fingerprint density at radius 2 is 1.53 bits per heavy atom. The molecular weight excluding hydrogens is 408 g/mol. The van der Waals surface area contributed by atoms with Crippen molar-refractivity contribution >= 4 is 18.0 Å². The van der Waals surface area contributed by atoms with Crippen LogP contribution in [0.5, 0.6) is 0 Å². The van der Waals surface area contributed by atoms with Crippen LogP contribution in [0.3, 0.4) is 0 Å². The van der Waals surface area contributed by atoms with E-state index in [0.29, 0.717) is 6.42 Å². The van der Waals surface area contributed by atoms with Gasteiger partial charge in [-0.05, 0) is 34.6 Å². The second kappa shape index (κ2) is 10.3. The number of hydrogen-bond donors (Lipinski definition) is 3. The molecule has 7 heteroatoms. The van der Waals surface area contributed by atoms with E-state index in [-0.39, 0.29) is 30.9 Å². The fourth-order valence-corrected chi connectivity index (χ4v) is 3.95. The molecule has 0 aromatic heterocycles. The standard InChI is InChI=1S/C25H30N2O5/c1-15(2)22(23(28)26-13-12-16(3)24(29)30)27-25(31)32-14-21-19-10-6-4-8-17(19)18-9-5-7-11-20(18)21/h4-11,15-16,21-22H,12-14H2,1-3H3,(H,26,28)(H,27,31)(H,29,30)/t16?,22-/m1/s1. The number of benzene rings is 2. The fraction of sp³-hybridized carbons (Fsp3) is 0.400. The summed E-state index contributed by atoms with van der Waals surface area (Å²) >= 11 is 0. The van der Waals surface area contributed by atoms with Crippen molar-refractivity contribution in [3.63, 3.8) is 0 Å². The third kappa shape index (κ3) is 5.28. The molecule has 0 fully saturated rings. The van der Waals surface area contributed by atoms with Gasteiger partial charge in [-0.25, -0.2) is 4.79 Å². The van der Waals surface area contributed by atoms with Crippen LogP contribution in [-0.4, -0.2) is 42.3 Å². The molecule has 7 nitrogen and oxygen atoms in total. The summed E-state index contributed by atoms with van der Waals surface area (Å²) in [7, 11) is 0. The van der Waals surface area contributed by atoms with E-state index in [1.165, 1.54) is 0 Å². The van der Waals surface area contributed by atoms with Crippen LogP contribution in [-0.2, 0) is 14.3 Å². The van der Waals surface area contributed by atoms with E-state index in [1.54, 1.807) is 6.92 Å². The highest BCUT2D eigenvalue weighted by Gasteiger charge is 2.30. The van der Waals surface area contributed by atoms with Crippen molar-refractivity contribution in [2.24, 2.45) is 11.8 Å². The van der Waals surface area contributed by atoms with E-state index < -0.39 is 24.0 Å². The molecule has 0 radical (unpaired) electrons. The van der Waals surface area contributed by atoms with Crippen molar-refractivity contribution in [2.45, 2.75) is 39.2 Å². The summed E-state index contributed by atoms with van der Waals surface area (Å²) in [6, 6.07) is 15.4. The van der Waals surface area contributed by atoms with Crippen LogP contribution in [0.15, 0.2) is 48.5 Å². The summed E-state index contributed by atoms with van der Waals surface area (Å²) in [5.74, 6) is -2.03. The first-order chi connectivity index (χ1) is 15.3. The molecule has 2 aromatic rings. The minimum absolute atomic E-state index is 0.0583. The lowest BCUT2D eigenvalue weighted by atomic mass is 9.98. The highest BCUT2D eigenvalue weighted by Crippen LogP contribution is 2.44. The number of hydrogen-bond acceptors (Lipinski definition) is 4. The van der Waals surface area contributed by atoms with Crippen LogP contribution >= 0.6 is 0 Å². The van der Waals surface area contributed by atoms with Gasteiger partial charge in [-0.3, -0.25) is 9.59 Å². The van der Waals surface area contributed by atoms with Crippen LogP contribution in [0.25, 0.3) is 11.1 Å². The molecule has 1 aliphatic rings. The first kappa shape index (κ1) is 23.3. The zero-order valence-corrected chi connectivity index (χ0v) is 18.6. The average Bonchev–Trinajstić information content (AvgIpc) is 3.09. The van der Waals surface area contributed by atoms with Gasteiger partial charge in [0.05, 0.1) is 5.92 Å². The Labute approximate surface area is 188 Å². The third-order valence-electron chi connectivity index (χ3n) is 5.86. The summed E-state index contributed by atoms with van der Waals surface area (Å²) in [6.45, 7) is 5.63. The minimum Gasteiger partial charge on any atom is -0.481 e. The van der Waals surface area contributed by atoms with E-state index in [1.807, 2.05) is 50.2 Å². The molecule has 1 unspecified atom stereocenters. The van der Waals surface area contributed by atoms with Crippen molar-refractivity contribution < 1.29 is 24.2 Å². The summed E-state index contributed by atoms with van der Waals surface area (Å²) in [5, 5.41) is 14.3. The summed E-state index contributed by atoms with van der Waals surface area (Å²) in [5.41, 5.74) is 4.53. The van der Waals surface area contributed by atoms with E-state index in [2.05, 4.69) is 22.8 Å². The first-order valence-corrected chi connectivity index (χ1v) is 10.9. The topological polar surface area (TPSA) is 105 Å². The Balaban J connectivity index is 1.58. The monoisotopic (exact) mass is 438 g/mol. The lowest BCUT2D eigenvalue weighted by Gasteiger charge is -2.22. The molecule has 2 aromatic carbocycles. The number of carbonyl (C=O) groups excluding carboxylic acids is 2. The molecule has 0 heterocycles. The van der Waals surface area contributed by atoms with E-state index >= 15 is 0 Å². The number of amides is 2. The maximum atomic E-state index is 12.5. The molecule has 32 heavy (non-hydrogen) atoms. The second-order valence-electron chi connectivity index (χ2n) is 8.51. The molecule has 2 atom stereocenters. The largest absolute Gasteiger partial charge is 0.481 e. The van der Waals surface area contributed by atoms with Crippen molar-refractivity contribution in [3.8, 4) is 11.1 Å². The molecule has 0 aliphatic heterocycles. The van der Waals surface area contributed by atoms with Gasteiger partial charge in [0.2, 0.25) is 5.91 Å². The first-order valence-electron chi connectivity index (χ1n) is 10.9. The maximum Gasteiger partial charge on any atom is 0.407 e. The van der Waals surface area contributed by atoms with Gasteiger partial charge < -0.3 is 20.5 Å². The molecule has 0 saturated heterocycles. The number of alkyl carbamates (subject to hydrolysis) is 1. The number of carbonyl (C=O) groups is 3. The molecule has 1 aliphatic carbocycles. The molecular formula is C25H30N2O5. The Kier molecular flexibility index (Phi) is 7.51. The van der Waals surface area contributed by atoms with Gasteiger partial charge in [0, 0.05) is 12.5 Å². The molecule has 2 amide bonds. The Morgan fingerprint density at radius 1 is 0.969 bits per heavy atom. The van der Waals surface area contributed by atoms with Gasteiger partial charge in [0.1, 0.15) is 12.6 Å². The van der Waals surface area contributed by atoms with Gasteiger partial charge in [-0.15, -0.1) is 0 Å². The number of nitrogens with one attached hydrogen (secondary N) is 2. The van der Waals surface area contributed by atoms with Gasteiger partial charge in [0.15, 0.2) is 0 Å². The van der Waals surface area contributed by atoms with Crippen LogP contribution in [0, 0.1) is 11.8 Å². The van der Waals surface area contributed by atoms with Crippen LogP contribution in [0.2, 0.25) is 0 Å². The summed E-state index contributed by atoms with van der Waals surface area (Å²) in [6.07, 6.45) is -0.337. The summed E-state index contributed by atoms with van der Waals surface area (Å²) < 4.78 is 5.54. The Morgan fingerprint density at radius 3 is 2.06 bits per heavy atom. The van der Waals surface area contributed by atoms with Crippen LogP contribution in [0.1, 0.15) is 44.2 Å². The molecule has 0 bridgehead atoms. The number of carboxylic acids is 1. The number of ether oxygens (including phenoxy) is 1. The van der Waals surface area contributed by atoms with Crippen LogP contribution < -0.4 is 10.6 Å². The zero-order chi connectivity index (χ0) is 23.3. The molecule has 3 N–H and O–H groups in total. The predicted molar refractivity (Wildman–Crippen MR) is 121 cm³/mol. The lowest BCUT2D eigenvalue weighted by molar-refractivity contribution is -0.141. The van der Waals surface area contributed by atoms with E-state index in [4.69, 9.17) is 9.84 Å². The molecule has 170 valence electrons. The molecule has 3 rings (SSSR count). The quantitative estimate of drug-likeness (QED) is 0.553. The Hall–Kier alpha value is -3.35. The van der Waals surface area contributed by atoms with Gasteiger partial charge in [0.25, 0.3) is 0 Å². The number of fused-ring (bicyclic) bond motifs is 3. The predicted octanol–water partition coefficient (Wildman–Crippen LogP) is 3.78. The van der Waals surface area contributed by atoms with E-state index in [0.717, 1.165) is 22.3 Å². The SMILES string of the molecule is CC(CCNC(=O)[C@H](NC(=O)OCC1c2ccccc2-c2ccccc21)C(C)C)C(=O)O. The van der Waals surface area contributed by atoms with Gasteiger partial charge >= 0.3 is 12.1 Å². The highest BCUT2D eigenvalue weighted by molar-refractivity contribution is 5.86. The van der Waals surface area contributed by atoms with Crippen molar-refractivity contribution in [2.75, 3.05) is 13.2 Å². The smallest absolute Gasteiger partial charge is 0.407 e. The zero-order valence-electron chi connectivity index (χ0n) is 18.6. The Bertz CT molecular complexity index is 942. The van der Waals surface area contributed by atoms with Crippen molar-refractivity contribution in [1.82, 2.24) is 10.6 Å². The van der Waals surface area contributed by atoms with Gasteiger partial charge in [-0.2, -0.15) is 0 Å². The second-order valence-corrected chi connectivity index (χ2v) is 8.51. The number of carboxylic acid groups (broad SMARTS) is 1. The molecule has 0 spiro atoms. The highest BCUT2D eigenvalue weighted by atomic mass is 16.5. The van der Waals surface area contributed by atoms with Crippen molar-refractivity contribution in [3.05, 3.63) is 59.7 Å². The number of rotatable bonds is 9. The minimum atomic E-state index is -0.906. The van der Waals surface area contributed by atoms with Crippen molar-refractivity contribution in [1.29, 1.82) is 0 Å². The lowest BCUT2D eigenvalue weighted by Crippen LogP contribution is -2.50. The third-order valence-corrected chi connectivity index (χ3v) is 5.86. The summed E-state index contributed by atoms with van der Waals surface area (Å²) in [4.78, 5) is 36.0. The number of aliphatic carboxylic acids is 1. The maximum absolute atomic E-state index is 12.5. The molecule has 0 saturated carbocycles. The normalized spacial score (nSPS) is 14.2. The van der Waals surface area contributed by atoms with Gasteiger partial charge in [-0.1, -0.05) is 69.3 Å².